The number of thioether (sulfide) groups is 1. The Morgan fingerprint density at radius 2 is 2.29 bits per heavy atom. The van der Waals surface area contributed by atoms with Gasteiger partial charge in [0.1, 0.15) is 10.8 Å². The van der Waals surface area contributed by atoms with Gasteiger partial charge in [0.05, 0.1) is 10.6 Å². The van der Waals surface area contributed by atoms with E-state index in [-0.39, 0.29) is 5.84 Å². The van der Waals surface area contributed by atoms with E-state index in [2.05, 4.69) is 11.9 Å². The van der Waals surface area contributed by atoms with Crippen molar-refractivity contribution in [3.05, 3.63) is 15.6 Å². The van der Waals surface area contributed by atoms with Crippen LogP contribution >= 0.6 is 23.1 Å². The van der Waals surface area contributed by atoms with Gasteiger partial charge in [-0.3, -0.25) is 5.41 Å². The molecule has 5 heteroatoms. The first kappa shape index (κ1) is 11.5. The number of rotatable bonds is 5. The van der Waals surface area contributed by atoms with E-state index in [1.165, 1.54) is 0 Å². The first-order chi connectivity index (χ1) is 6.69. The van der Waals surface area contributed by atoms with Crippen LogP contribution in [0.25, 0.3) is 0 Å². The van der Waals surface area contributed by atoms with E-state index in [4.69, 9.17) is 11.1 Å². The summed E-state index contributed by atoms with van der Waals surface area (Å²) in [5.41, 5.74) is 6.45. The number of nitrogens with two attached hydrogens (primary N) is 1. The zero-order valence-corrected chi connectivity index (χ0v) is 10.1. The lowest BCUT2D eigenvalue weighted by Gasteiger charge is -1.93. The van der Waals surface area contributed by atoms with Crippen LogP contribution in [0.4, 0.5) is 0 Å². The molecule has 0 amide bonds. The Bertz CT molecular complexity index is 320. The Hall–Kier alpha value is -0.550. The summed E-state index contributed by atoms with van der Waals surface area (Å²) in [6, 6.07) is 0. The van der Waals surface area contributed by atoms with E-state index < -0.39 is 0 Å². The zero-order valence-electron chi connectivity index (χ0n) is 8.46. The lowest BCUT2D eigenvalue weighted by molar-refractivity contribution is 1.03. The minimum Gasteiger partial charge on any atom is -0.383 e. The summed E-state index contributed by atoms with van der Waals surface area (Å²) in [5, 5.41) is 8.49. The highest BCUT2D eigenvalue weighted by Gasteiger charge is 2.11. The molecule has 78 valence electrons. The number of nitrogens with zero attached hydrogens (tertiary/aromatic N) is 1. The van der Waals surface area contributed by atoms with Crippen LogP contribution in [0, 0.1) is 5.41 Å². The van der Waals surface area contributed by atoms with Gasteiger partial charge in [-0.1, -0.05) is 13.8 Å². The van der Waals surface area contributed by atoms with Gasteiger partial charge in [0.2, 0.25) is 0 Å². The molecule has 14 heavy (non-hydrogen) atoms. The van der Waals surface area contributed by atoms with E-state index in [9.17, 15) is 0 Å². The third-order valence-corrected chi connectivity index (χ3v) is 3.95. The standard InChI is InChI=1S/C9H15N3S2/c1-3-6-8(9(10)11)14-7(12-6)5-13-4-2/h3-5H2,1-2H3,(H3,10,11). The molecule has 0 fully saturated rings. The first-order valence-corrected chi connectivity index (χ1v) is 6.56. The van der Waals surface area contributed by atoms with Gasteiger partial charge >= 0.3 is 0 Å². The molecule has 1 rings (SSSR count). The number of hydrogen-bond acceptors (Lipinski definition) is 4. The quantitative estimate of drug-likeness (QED) is 0.601. The second kappa shape index (κ2) is 5.36. The Balaban J connectivity index is 2.83. The maximum atomic E-state index is 7.41. The number of hydrogen-bond donors (Lipinski definition) is 2. The molecule has 0 aliphatic heterocycles. The number of aryl methyl sites for hydroxylation is 1. The fourth-order valence-corrected chi connectivity index (χ4v) is 2.84. The van der Waals surface area contributed by atoms with Crippen molar-refractivity contribution < 1.29 is 0 Å². The summed E-state index contributed by atoms with van der Waals surface area (Å²) >= 11 is 3.39. The minimum absolute atomic E-state index is 0.145. The van der Waals surface area contributed by atoms with Crippen LogP contribution < -0.4 is 5.73 Å². The van der Waals surface area contributed by atoms with E-state index in [0.717, 1.165) is 33.5 Å². The maximum absolute atomic E-state index is 7.41. The highest BCUT2D eigenvalue weighted by atomic mass is 32.2. The molecule has 3 N–H and O–H groups in total. The number of thiazole rings is 1. The van der Waals surface area contributed by atoms with Crippen molar-refractivity contribution in [3.63, 3.8) is 0 Å². The third-order valence-electron chi connectivity index (χ3n) is 1.75. The van der Waals surface area contributed by atoms with E-state index >= 15 is 0 Å². The number of nitrogen functional groups attached to an aromatic ring is 1. The average Bonchev–Trinajstić information content (AvgIpc) is 2.57. The van der Waals surface area contributed by atoms with Gasteiger partial charge in [0.25, 0.3) is 0 Å². The first-order valence-electron chi connectivity index (χ1n) is 4.59. The van der Waals surface area contributed by atoms with Crippen molar-refractivity contribution in [2.75, 3.05) is 5.75 Å². The molecule has 0 spiro atoms. The number of amidine groups is 1. The highest BCUT2D eigenvalue weighted by Crippen LogP contribution is 2.22. The molecule has 3 nitrogen and oxygen atoms in total. The summed E-state index contributed by atoms with van der Waals surface area (Å²) in [7, 11) is 0. The largest absolute Gasteiger partial charge is 0.383 e. The van der Waals surface area contributed by atoms with Crippen LogP contribution in [-0.2, 0) is 12.2 Å². The number of nitrogens with one attached hydrogen (secondary N) is 1. The Kier molecular flexibility index (Phi) is 4.41. The van der Waals surface area contributed by atoms with E-state index in [1.54, 1.807) is 11.3 Å². The monoisotopic (exact) mass is 229 g/mol. The summed E-state index contributed by atoms with van der Waals surface area (Å²) in [6.45, 7) is 4.17. The lowest BCUT2D eigenvalue weighted by Crippen LogP contribution is -2.11. The second-order valence-electron chi connectivity index (χ2n) is 2.79. The predicted octanol–water partition coefficient (Wildman–Crippen LogP) is 2.24. The van der Waals surface area contributed by atoms with Crippen molar-refractivity contribution in [3.8, 4) is 0 Å². The molecule has 0 atom stereocenters. The summed E-state index contributed by atoms with van der Waals surface area (Å²) in [5.74, 6) is 2.17. The lowest BCUT2D eigenvalue weighted by atomic mass is 10.3. The molecule has 1 aromatic heterocycles. The van der Waals surface area contributed by atoms with E-state index in [0.29, 0.717) is 0 Å². The molecular formula is C9H15N3S2. The van der Waals surface area contributed by atoms with Gasteiger partial charge in [0.15, 0.2) is 0 Å². The average molecular weight is 229 g/mol. The van der Waals surface area contributed by atoms with Crippen LogP contribution in [0.5, 0.6) is 0 Å². The van der Waals surface area contributed by atoms with Crippen molar-refractivity contribution in [2.45, 2.75) is 26.0 Å². The molecule has 1 heterocycles. The second-order valence-corrected chi connectivity index (χ2v) is 5.15. The topological polar surface area (TPSA) is 62.8 Å². The SMILES string of the molecule is CCSCc1nc(CC)c(C(=N)N)s1. The molecule has 1 aromatic rings. The van der Waals surface area contributed by atoms with Crippen LogP contribution in [0.2, 0.25) is 0 Å². The Morgan fingerprint density at radius 1 is 1.57 bits per heavy atom. The molecular weight excluding hydrogens is 214 g/mol. The third kappa shape index (κ3) is 2.72. The fraction of sp³-hybridized carbons (Fsp3) is 0.556. The molecule has 0 aromatic carbocycles. The van der Waals surface area contributed by atoms with Crippen molar-refractivity contribution in [1.29, 1.82) is 5.41 Å². The van der Waals surface area contributed by atoms with Crippen LogP contribution in [0.1, 0.15) is 29.4 Å². The Labute approximate surface area is 92.6 Å². The molecule has 0 aliphatic rings. The van der Waals surface area contributed by atoms with Gasteiger partial charge < -0.3 is 5.73 Å². The number of aromatic nitrogens is 1. The normalized spacial score (nSPS) is 10.4. The smallest absolute Gasteiger partial charge is 0.135 e. The zero-order chi connectivity index (χ0) is 10.6. The molecule has 0 saturated carbocycles. The van der Waals surface area contributed by atoms with Crippen molar-refractivity contribution in [1.82, 2.24) is 4.98 Å². The summed E-state index contributed by atoms with van der Waals surface area (Å²) in [6.07, 6.45) is 0.849. The van der Waals surface area contributed by atoms with Crippen LogP contribution in [-0.4, -0.2) is 16.6 Å². The maximum Gasteiger partial charge on any atom is 0.135 e. The molecule has 0 aliphatic carbocycles. The molecule has 0 radical (unpaired) electrons. The highest BCUT2D eigenvalue weighted by molar-refractivity contribution is 7.98. The Morgan fingerprint density at radius 3 is 2.71 bits per heavy atom. The van der Waals surface area contributed by atoms with Crippen LogP contribution in [0.3, 0.4) is 0 Å². The van der Waals surface area contributed by atoms with Gasteiger partial charge in [-0.05, 0) is 12.2 Å². The summed E-state index contributed by atoms with van der Waals surface area (Å²) < 4.78 is 0. The predicted molar refractivity (Wildman–Crippen MR) is 64.3 cm³/mol. The van der Waals surface area contributed by atoms with Gasteiger partial charge in [-0.2, -0.15) is 11.8 Å². The minimum atomic E-state index is 0.145. The van der Waals surface area contributed by atoms with E-state index in [1.807, 2.05) is 18.7 Å². The van der Waals surface area contributed by atoms with Crippen molar-refractivity contribution >= 4 is 28.9 Å². The summed E-state index contributed by atoms with van der Waals surface area (Å²) in [4.78, 5) is 5.31. The van der Waals surface area contributed by atoms with Gasteiger partial charge in [-0.15, -0.1) is 11.3 Å². The van der Waals surface area contributed by atoms with Crippen LogP contribution in [0.15, 0.2) is 0 Å². The molecule has 0 saturated heterocycles. The van der Waals surface area contributed by atoms with Gasteiger partial charge in [-0.25, -0.2) is 4.98 Å². The fourth-order valence-electron chi connectivity index (χ4n) is 1.10. The van der Waals surface area contributed by atoms with Crippen molar-refractivity contribution in [2.24, 2.45) is 5.73 Å². The molecule has 0 bridgehead atoms. The van der Waals surface area contributed by atoms with Gasteiger partial charge in [0, 0.05) is 5.75 Å². The molecule has 0 unspecified atom stereocenters.